The second-order valence-electron chi connectivity index (χ2n) is 10.3. The Morgan fingerprint density at radius 2 is 2.06 bits per heavy atom. The number of aromatic nitrogens is 4. The maximum atomic E-state index is 13.8. The molecule has 2 bridgehead atoms. The van der Waals surface area contributed by atoms with E-state index in [1.54, 1.807) is 11.8 Å². The molecule has 4 N–H and O–H groups in total. The molecule has 13 heteroatoms. The predicted molar refractivity (Wildman–Crippen MR) is 127 cm³/mol. The number of carbonyl (C=O) groups excluding carboxylic acids is 2. The fraction of sp³-hybridized carbons (Fsp3) is 0.522. The van der Waals surface area contributed by atoms with Crippen LogP contribution in [0.3, 0.4) is 0 Å². The van der Waals surface area contributed by atoms with Crippen molar-refractivity contribution in [3.63, 3.8) is 0 Å². The van der Waals surface area contributed by atoms with Crippen LogP contribution in [-0.4, -0.2) is 94.9 Å². The predicted octanol–water partition coefficient (Wildman–Crippen LogP) is 1.34. The van der Waals surface area contributed by atoms with Crippen molar-refractivity contribution in [2.45, 2.75) is 55.6 Å². The molecular formula is C23H27FN7O4S+. The van der Waals surface area contributed by atoms with Gasteiger partial charge in [0.05, 0.1) is 36.6 Å². The molecule has 1 aromatic carbocycles. The average Bonchev–Trinajstić information content (AvgIpc) is 3.40. The lowest BCUT2D eigenvalue weighted by atomic mass is 9.93. The number of quaternary nitrogens is 1. The van der Waals surface area contributed by atoms with E-state index in [9.17, 15) is 24.2 Å². The number of hydrogen-bond acceptors (Lipinski definition) is 8. The number of hydrogen-bond donors (Lipinski definition) is 4. The van der Waals surface area contributed by atoms with Crippen molar-refractivity contribution in [3.8, 4) is 11.5 Å². The summed E-state index contributed by atoms with van der Waals surface area (Å²) in [7, 11) is 2.26. The highest BCUT2D eigenvalue weighted by Crippen LogP contribution is 2.47. The molecule has 2 aromatic rings. The molecule has 11 nitrogen and oxygen atoms in total. The number of tetrazole rings is 1. The van der Waals surface area contributed by atoms with E-state index in [2.05, 4.69) is 33.0 Å². The van der Waals surface area contributed by atoms with Crippen LogP contribution in [0.5, 0.6) is 11.5 Å². The second kappa shape index (κ2) is 8.44. The van der Waals surface area contributed by atoms with Crippen LogP contribution in [0.1, 0.15) is 48.3 Å². The molecule has 1 unspecified atom stereocenters. The highest BCUT2D eigenvalue weighted by molar-refractivity contribution is 8.00. The Morgan fingerprint density at radius 1 is 1.31 bits per heavy atom. The number of carbonyl (C=O) groups is 2. The molecule has 36 heavy (non-hydrogen) atoms. The number of halogens is 1. The Bertz CT molecular complexity index is 1230. The third-order valence-electron chi connectivity index (χ3n) is 8.29. The average molecular weight is 517 g/mol. The van der Waals surface area contributed by atoms with Crippen LogP contribution >= 0.6 is 11.8 Å². The summed E-state index contributed by atoms with van der Waals surface area (Å²) in [5.74, 6) is -1.61. The Balaban J connectivity index is 1.21. The standard InChI is InChI=1S/C23H26FN7O4S/c1-31(9-12-10-36-19-8-18(33)30(19)20(12)22-26-28-29-27-22)14-2-3-15(31)7-13(6-14)25-23(35)11-4-16(24)21(34)17(32)5-11/h4-5,13-15,19H,2-3,6-10H2,1H3,(H3-,25,26,27,28,29,32,34,35)/p+1/t13-,14+,15-,19-,31?/m1/s1. The van der Waals surface area contributed by atoms with E-state index < -0.39 is 23.2 Å². The Hall–Kier alpha value is -3.19. The van der Waals surface area contributed by atoms with E-state index in [1.807, 2.05) is 4.90 Å². The number of nitrogens with one attached hydrogen (secondary N) is 2. The quantitative estimate of drug-likeness (QED) is 0.265. The molecule has 0 radical (unpaired) electrons. The number of aromatic amines is 1. The molecule has 0 saturated carbocycles. The summed E-state index contributed by atoms with van der Waals surface area (Å²) in [6.07, 6.45) is 4.15. The number of amides is 2. The molecule has 3 fully saturated rings. The number of piperidine rings is 1. The van der Waals surface area contributed by atoms with Gasteiger partial charge < -0.3 is 20.0 Å². The van der Waals surface area contributed by atoms with Gasteiger partial charge in [-0.25, -0.2) is 9.49 Å². The zero-order chi connectivity index (χ0) is 25.2. The summed E-state index contributed by atoms with van der Waals surface area (Å²) in [6.45, 7) is 0.770. The Kier molecular flexibility index (Phi) is 5.45. The number of rotatable bonds is 5. The molecule has 190 valence electrons. The van der Waals surface area contributed by atoms with Gasteiger partial charge in [-0.1, -0.05) is 0 Å². The number of β-lactam (4-membered cyclic amide) rings is 1. The lowest BCUT2D eigenvalue weighted by Gasteiger charge is -2.50. The van der Waals surface area contributed by atoms with E-state index in [1.165, 1.54) is 0 Å². The minimum atomic E-state index is -1.03. The summed E-state index contributed by atoms with van der Waals surface area (Å²) in [4.78, 5) is 27.0. The van der Waals surface area contributed by atoms with Gasteiger partial charge in [0.25, 0.3) is 5.91 Å². The van der Waals surface area contributed by atoms with Gasteiger partial charge in [0.15, 0.2) is 23.1 Å². The highest BCUT2D eigenvalue weighted by Gasteiger charge is 2.53. The summed E-state index contributed by atoms with van der Waals surface area (Å²) >= 11 is 1.77. The van der Waals surface area contributed by atoms with Crippen LogP contribution in [0.4, 0.5) is 4.39 Å². The van der Waals surface area contributed by atoms with E-state index in [-0.39, 0.29) is 22.9 Å². The van der Waals surface area contributed by atoms with E-state index in [0.29, 0.717) is 24.3 Å². The third kappa shape index (κ3) is 3.63. The smallest absolute Gasteiger partial charge is 0.251 e. The maximum Gasteiger partial charge on any atom is 0.251 e. The molecule has 1 aromatic heterocycles. The zero-order valence-corrected chi connectivity index (χ0v) is 20.5. The van der Waals surface area contributed by atoms with E-state index in [0.717, 1.165) is 65.9 Å². The van der Waals surface area contributed by atoms with Crippen molar-refractivity contribution in [1.29, 1.82) is 0 Å². The molecule has 3 saturated heterocycles. The van der Waals surface area contributed by atoms with Gasteiger partial charge in [-0.3, -0.25) is 14.5 Å². The zero-order valence-electron chi connectivity index (χ0n) is 19.6. The first-order valence-electron chi connectivity index (χ1n) is 12.0. The molecule has 5 atom stereocenters. The molecular weight excluding hydrogens is 489 g/mol. The summed E-state index contributed by atoms with van der Waals surface area (Å²) in [5, 5.41) is 36.7. The largest absolute Gasteiger partial charge is 0.504 e. The van der Waals surface area contributed by atoms with Crippen LogP contribution in [0.25, 0.3) is 5.70 Å². The monoisotopic (exact) mass is 516 g/mol. The Labute approximate surface area is 210 Å². The SMILES string of the molecule is C[N+]1(CC2=C(c3nnn[nH]3)N3C(=O)C[C@H]3SC2)[C@@H]2CC[C@H]1C[C@@H](NC(=O)c1cc(O)c(O)c(F)c1)C2. The first-order chi connectivity index (χ1) is 17.2. The number of phenols is 2. The van der Waals surface area contributed by atoms with E-state index >= 15 is 0 Å². The first kappa shape index (κ1) is 23.2. The van der Waals surface area contributed by atoms with Crippen LogP contribution in [0, 0.1) is 5.82 Å². The highest BCUT2D eigenvalue weighted by atomic mass is 32.2. The number of fused-ring (bicyclic) bond motifs is 3. The minimum Gasteiger partial charge on any atom is -0.504 e. The second-order valence-corrected chi connectivity index (χ2v) is 11.5. The normalized spacial score (nSPS) is 31.3. The summed E-state index contributed by atoms with van der Waals surface area (Å²) in [5.41, 5.74) is 1.93. The van der Waals surface area contributed by atoms with Crippen molar-refractivity contribution >= 4 is 29.3 Å². The first-order valence-corrected chi connectivity index (χ1v) is 13.1. The molecule has 0 spiro atoms. The van der Waals surface area contributed by atoms with Gasteiger partial charge in [-0.2, -0.15) is 0 Å². The summed E-state index contributed by atoms with van der Waals surface area (Å²) < 4.78 is 14.6. The van der Waals surface area contributed by atoms with Crippen LogP contribution in [-0.2, 0) is 4.79 Å². The van der Waals surface area contributed by atoms with Crippen LogP contribution in [0.15, 0.2) is 17.7 Å². The van der Waals surface area contributed by atoms with Crippen LogP contribution in [0.2, 0.25) is 0 Å². The number of benzene rings is 1. The van der Waals surface area contributed by atoms with Gasteiger partial charge in [0, 0.05) is 48.6 Å². The number of thioether (sulfide) groups is 1. The van der Waals surface area contributed by atoms with Gasteiger partial charge >= 0.3 is 0 Å². The van der Waals surface area contributed by atoms with Crippen LogP contribution < -0.4 is 5.32 Å². The molecule has 6 rings (SSSR count). The number of nitrogens with zero attached hydrogens (tertiary/aromatic N) is 5. The number of H-pyrrole nitrogens is 1. The van der Waals surface area contributed by atoms with Gasteiger partial charge in [0.2, 0.25) is 5.91 Å². The number of aromatic hydroxyl groups is 2. The lowest BCUT2D eigenvalue weighted by molar-refractivity contribution is -0.944. The molecule has 4 aliphatic heterocycles. The van der Waals surface area contributed by atoms with E-state index in [4.69, 9.17) is 0 Å². The molecule has 4 aliphatic rings. The molecule has 2 amide bonds. The van der Waals surface area contributed by atoms with Crippen molar-refractivity contribution in [2.75, 3.05) is 19.3 Å². The van der Waals surface area contributed by atoms with Crippen molar-refractivity contribution < 1.29 is 28.7 Å². The number of likely N-dealkylation sites (N-methyl/N-ethyl adjacent to an activating group) is 1. The van der Waals surface area contributed by atoms with Gasteiger partial charge in [0.1, 0.15) is 6.54 Å². The molecule has 5 heterocycles. The third-order valence-corrected chi connectivity index (χ3v) is 9.57. The summed E-state index contributed by atoms with van der Waals surface area (Å²) in [6, 6.07) is 2.56. The fourth-order valence-electron chi connectivity index (χ4n) is 6.40. The van der Waals surface area contributed by atoms with Crippen molar-refractivity contribution in [3.05, 3.63) is 34.9 Å². The topological polar surface area (TPSA) is 144 Å². The lowest BCUT2D eigenvalue weighted by Crippen LogP contribution is -2.62. The van der Waals surface area contributed by atoms with Crippen molar-refractivity contribution in [2.24, 2.45) is 0 Å². The number of phenolic OH excluding ortho intramolecular Hbond substituents is 2. The fourth-order valence-corrected chi connectivity index (χ4v) is 7.66. The minimum absolute atomic E-state index is 0.0264. The van der Waals surface area contributed by atoms with Gasteiger partial charge in [-0.05, 0) is 22.6 Å². The van der Waals surface area contributed by atoms with Gasteiger partial charge in [-0.15, -0.1) is 16.9 Å². The van der Waals surface area contributed by atoms with Crippen molar-refractivity contribution in [1.82, 2.24) is 30.8 Å². The maximum absolute atomic E-state index is 13.8. The molecule has 0 aliphatic carbocycles. The Morgan fingerprint density at radius 3 is 2.69 bits per heavy atom.